The van der Waals surface area contributed by atoms with Crippen LogP contribution >= 0.6 is 0 Å². The van der Waals surface area contributed by atoms with Crippen molar-refractivity contribution < 1.29 is 9.53 Å². The quantitative estimate of drug-likeness (QED) is 0.568. The number of nitrogens with zero attached hydrogens (tertiary/aromatic N) is 1. The van der Waals surface area contributed by atoms with Gasteiger partial charge in [0.05, 0.1) is 11.3 Å². The van der Waals surface area contributed by atoms with Crippen LogP contribution in [0.1, 0.15) is 15.9 Å². The molecule has 6 heteroatoms. The van der Waals surface area contributed by atoms with Gasteiger partial charge >= 0.3 is 5.97 Å². The maximum Gasteiger partial charge on any atom is 0.338 e. The van der Waals surface area contributed by atoms with E-state index in [9.17, 15) is 9.59 Å². The fourth-order valence-corrected chi connectivity index (χ4v) is 2.22. The van der Waals surface area contributed by atoms with Crippen molar-refractivity contribution in [2.45, 2.75) is 6.61 Å². The molecule has 0 bridgehead atoms. The maximum atomic E-state index is 12.1. The van der Waals surface area contributed by atoms with Crippen LogP contribution in [-0.4, -0.2) is 16.2 Å². The first-order chi connectivity index (χ1) is 11.6. The summed E-state index contributed by atoms with van der Waals surface area (Å²) in [4.78, 5) is 23.2. The molecule has 0 aliphatic heterocycles. The van der Waals surface area contributed by atoms with Crippen LogP contribution in [-0.2, 0) is 11.3 Å². The summed E-state index contributed by atoms with van der Waals surface area (Å²) in [5.41, 5.74) is 8.50. The number of nitrogens with two attached hydrogens (primary N) is 1. The second-order valence-corrected chi connectivity index (χ2v) is 5.17. The van der Waals surface area contributed by atoms with Gasteiger partial charge in [0.25, 0.3) is 5.56 Å². The number of nitrogen functional groups attached to an aromatic ring is 1. The van der Waals surface area contributed by atoms with E-state index in [4.69, 9.17) is 10.5 Å². The van der Waals surface area contributed by atoms with Crippen molar-refractivity contribution in [3.05, 3.63) is 82.1 Å². The van der Waals surface area contributed by atoms with Gasteiger partial charge in [0.15, 0.2) is 0 Å². The molecule has 0 atom stereocenters. The van der Waals surface area contributed by atoms with Crippen molar-refractivity contribution in [1.82, 2.24) is 10.2 Å². The van der Waals surface area contributed by atoms with Crippen LogP contribution in [0.3, 0.4) is 0 Å². The normalized spacial score (nSPS) is 10.3. The summed E-state index contributed by atoms with van der Waals surface area (Å²) in [5, 5.41) is 6.27. The zero-order valence-corrected chi connectivity index (χ0v) is 12.7. The molecule has 1 heterocycles. The lowest BCUT2D eigenvalue weighted by Crippen LogP contribution is -2.08. The van der Waals surface area contributed by atoms with Crippen molar-refractivity contribution in [3.8, 4) is 11.3 Å². The highest BCUT2D eigenvalue weighted by molar-refractivity contribution is 5.92. The molecule has 3 rings (SSSR count). The fourth-order valence-electron chi connectivity index (χ4n) is 2.22. The summed E-state index contributed by atoms with van der Waals surface area (Å²) < 4.78 is 5.27. The van der Waals surface area contributed by atoms with E-state index in [0.717, 1.165) is 5.56 Å². The van der Waals surface area contributed by atoms with Gasteiger partial charge in [-0.25, -0.2) is 9.89 Å². The summed E-state index contributed by atoms with van der Waals surface area (Å²) in [6, 6.07) is 17.2. The van der Waals surface area contributed by atoms with Gasteiger partial charge in [-0.05, 0) is 29.8 Å². The first kappa shape index (κ1) is 15.5. The number of anilines is 1. The van der Waals surface area contributed by atoms with Gasteiger partial charge in [-0.2, -0.15) is 5.10 Å². The Balaban J connectivity index is 1.75. The molecule has 0 unspecified atom stereocenters. The summed E-state index contributed by atoms with van der Waals surface area (Å²) >= 11 is 0. The second kappa shape index (κ2) is 6.78. The molecule has 120 valence electrons. The second-order valence-electron chi connectivity index (χ2n) is 5.17. The highest BCUT2D eigenvalue weighted by Gasteiger charge is 2.11. The Labute approximate surface area is 137 Å². The lowest BCUT2D eigenvalue weighted by molar-refractivity contribution is 0.0473. The minimum absolute atomic E-state index is 0.197. The third kappa shape index (κ3) is 3.49. The number of hydrogen-bond donors (Lipinski definition) is 2. The zero-order chi connectivity index (χ0) is 16.9. The van der Waals surface area contributed by atoms with Crippen LogP contribution in [0.5, 0.6) is 0 Å². The first-order valence-corrected chi connectivity index (χ1v) is 7.30. The number of nitrogens with one attached hydrogen (secondary N) is 1. The molecule has 0 saturated heterocycles. The molecule has 0 aliphatic carbocycles. The zero-order valence-electron chi connectivity index (χ0n) is 12.7. The number of esters is 1. The van der Waals surface area contributed by atoms with E-state index < -0.39 is 5.97 Å². The number of carbonyl (C=O) groups excluding carboxylic acids is 1. The van der Waals surface area contributed by atoms with Crippen LogP contribution in [0.2, 0.25) is 0 Å². The van der Waals surface area contributed by atoms with E-state index in [0.29, 0.717) is 22.5 Å². The van der Waals surface area contributed by atoms with E-state index >= 15 is 0 Å². The lowest BCUT2D eigenvalue weighted by atomic mass is 10.1. The van der Waals surface area contributed by atoms with E-state index in [1.807, 2.05) is 30.3 Å². The third-order valence-electron chi connectivity index (χ3n) is 3.46. The van der Waals surface area contributed by atoms with E-state index in [-0.39, 0.29) is 12.2 Å². The molecule has 1 aromatic heterocycles. The van der Waals surface area contributed by atoms with Crippen LogP contribution in [0.25, 0.3) is 11.3 Å². The van der Waals surface area contributed by atoms with Crippen molar-refractivity contribution in [1.29, 1.82) is 0 Å². The monoisotopic (exact) mass is 321 g/mol. The number of carbonyl (C=O) groups is 1. The average molecular weight is 321 g/mol. The third-order valence-corrected chi connectivity index (χ3v) is 3.46. The SMILES string of the molecule is Nc1cc(C(=O)OCc2ccccc2)ccc1-c1ccc(=O)[nH]n1. The molecule has 0 radical (unpaired) electrons. The Morgan fingerprint density at radius 3 is 2.54 bits per heavy atom. The molecular weight excluding hydrogens is 306 g/mol. The Morgan fingerprint density at radius 1 is 1.08 bits per heavy atom. The van der Waals surface area contributed by atoms with Gasteiger partial charge in [-0.3, -0.25) is 4.79 Å². The lowest BCUT2D eigenvalue weighted by Gasteiger charge is -2.08. The van der Waals surface area contributed by atoms with Gasteiger partial charge in [0.2, 0.25) is 0 Å². The Bertz CT molecular complexity index is 900. The van der Waals surface area contributed by atoms with Crippen molar-refractivity contribution in [2.75, 3.05) is 5.73 Å². The topological polar surface area (TPSA) is 98.1 Å². The Hall–Kier alpha value is -3.41. The molecule has 0 spiro atoms. The van der Waals surface area contributed by atoms with E-state index in [2.05, 4.69) is 10.2 Å². The molecule has 0 aliphatic rings. The molecule has 0 fully saturated rings. The summed E-state index contributed by atoms with van der Waals surface area (Å²) in [6.45, 7) is 0.197. The van der Waals surface area contributed by atoms with Gasteiger partial charge in [-0.15, -0.1) is 0 Å². The largest absolute Gasteiger partial charge is 0.457 e. The molecule has 3 N–H and O–H groups in total. The first-order valence-electron chi connectivity index (χ1n) is 7.30. The maximum absolute atomic E-state index is 12.1. The molecule has 0 saturated carbocycles. The predicted octanol–water partition coefficient (Wildman–Crippen LogP) is 2.38. The molecule has 2 aromatic carbocycles. The van der Waals surface area contributed by atoms with Crippen molar-refractivity contribution >= 4 is 11.7 Å². The van der Waals surface area contributed by atoms with Crippen molar-refractivity contribution in [2.24, 2.45) is 0 Å². The highest BCUT2D eigenvalue weighted by atomic mass is 16.5. The summed E-state index contributed by atoms with van der Waals surface area (Å²) in [5.74, 6) is -0.452. The fraction of sp³-hybridized carbons (Fsp3) is 0.0556. The Morgan fingerprint density at radius 2 is 1.88 bits per heavy atom. The van der Waals surface area contributed by atoms with Gasteiger partial charge < -0.3 is 10.5 Å². The standard InChI is InChI=1S/C18H15N3O3/c19-15-10-13(18(23)24-11-12-4-2-1-3-5-12)6-7-14(15)16-8-9-17(22)21-20-16/h1-10H,11,19H2,(H,21,22). The molecule has 0 amide bonds. The number of aromatic nitrogens is 2. The summed E-state index contributed by atoms with van der Waals surface area (Å²) in [6.07, 6.45) is 0. The minimum Gasteiger partial charge on any atom is -0.457 e. The van der Waals surface area contributed by atoms with E-state index in [1.165, 1.54) is 12.1 Å². The van der Waals surface area contributed by atoms with Gasteiger partial charge in [0.1, 0.15) is 6.61 Å². The Kier molecular flexibility index (Phi) is 4.38. The number of ether oxygens (including phenoxy) is 1. The van der Waals surface area contributed by atoms with Crippen LogP contribution in [0.15, 0.2) is 65.5 Å². The van der Waals surface area contributed by atoms with Crippen LogP contribution in [0, 0.1) is 0 Å². The number of aromatic amines is 1. The van der Waals surface area contributed by atoms with Crippen molar-refractivity contribution in [3.63, 3.8) is 0 Å². The van der Waals surface area contributed by atoms with Crippen LogP contribution in [0.4, 0.5) is 5.69 Å². The number of H-pyrrole nitrogens is 1. The number of benzene rings is 2. The van der Waals surface area contributed by atoms with Crippen LogP contribution < -0.4 is 11.3 Å². The minimum atomic E-state index is -0.452. The molecule has 24 heavy (non-hydrogen) atoms. The number of rotatable bonds is 4. The van der Waals surface area contributed by atoms with E-state index in [1.54, 1.807) is 18.2 Å². The van der Waals surface area contributed by atoms with Gasteiger partial charge in [-0.1, -0.05) is 30.3 Å². The number of hydrogen-bond acceptors (Lipinski definition) is 5. The predicted molar refractivity (Wildman–Crippen MR) is 90.3 cm³/mol. The summed E-state index contributed by atoms with van der Waals surface area (Å²) in [7, 11) is 0. The van der Waals surface area contributed by atoms with Gasteiger partial charge in [0, 0.05) is 17.3 Å². The molecule has 3 aromatic rings. The molecule has 6 nitrogen and oxygen atoms in total. The average Bonchev–Trinajstić information content (AvgIpc) is 2.61. The smallest absolute Gasteiger partial charge is 0.338 e. The highest BCUT2D eigenvalue weighted by Crippen LogP contribution is 2.24. The molecular formula is C18H15N3O3.